The van der Waals surface area contributed by atoms with Crippen LogP contribution in [0, 0.1) is 0 Å². The summed E-state index contributed by atoms with van der Waals surface area (Å²) in [6.07, 6.45) is 3.50. The van der Waals surface area contributed by atoms with Crippen LogP contribution in [0.5, 0.6) is 0 Å². The number of likely N-dealkylation sites (tertiary alicyclic amines) is 1. The van der Waals surface area contributed by atoms with E-state index < -0.39 is 0 Å². The summed E-state index contributed by atoms with van der Waals surface area (Å²) in [6, 6.07) is 9.68. The Bertz CT molecular complexity index is 617. The van der Waals surface area contributed by atoms with Crippen LogP contribution in [0.4, 0.5) is 0 Å². The number of guanidine groups is 1. The van der Waals surface area contributed by atoms with Crippen LogP contribution in [0.1, 0.15) is 37.7 Å². The largest absolute Gasteiger partial charge is 0.354 e. The molecule has 2 unspecified atom stereocenters. The minimum absolute atomic E-state index is 0.496. The van der Waals surface area contributed by atoms with Gasteiger partial charge in [0.05, 0.1) is 0 Å². The highest BCUT2D eigenvalue weighted by molar-refractivity contribution is 9.10. The van der Waals surface area contributed by atoms with E-state index in [9.17, 15) is 0 Å². The molecule has 1 aliphatic carbocycles. The van der Waals surface area contributed by atoms with Gasteiger partial charge >= 0.3 is 0 Å². The lowest BCUT2D eigenvalue weighted by atomic mass is 10.0. The van der Waals surface area contributed by atoms with Crippen molar-refractivity contribution in [2.45, 2.75) is 44.2 Å². The Balaban J connectivity index is 1.44. The Morgan fingerprint density at radius 2 is 1.92 bits per heavy atom. The first kappa shape index (κ1) is 18.5. The number of piperidine rings is 1. The molecule has 1 saturated heterocycles. The molecule has 2 fully saturated rings. The van der Waals surface area contributed by atoms with Gasteiger partial charge in [-0.2, -0.15) is 0 Å². The van der Waals surface area contributed by atoms with Gasteiger partial charge in [-0.3, -0.25) is 9.89 Å². The molecule has 136 valence electrons. The molecule has 2 N–H and O–H groups in total. The van der Waals surface area contributed by atoms with Crippen LogP contribution in [0.2, 0.25) is 0 Å². The predicted octanol–water partition coefficient (Wildman–Crippen LogP) is 3.51. The second kappa shape index (κ2) is 8.37. The second-order valence-electron chi connectivity index (χ2n) is 7.37. The van der Waals surface area contributed by atoms with Crippen molar-refractivity contribution in [1.29, 1.82) is 0 Å². The summed E-state index contributed by atoms with van der Waals surface area (Å²) in [5, 5.41) is 7.21. The third-order valence-electron chi connectivity index (χ3n) is 5.06. The lowest BCUT2D eigenvalue weighted by Gasteiger charge is -2.33. The zero-order chi connectivity index (χ0) is 17.8. The maximum absolute atomic E-state index is 4.43. The lowest BCUT2D eigenvalue weighted by molar-refractivity contribution is 0.221. The second-order valence-corrected chi connectivity index (χ2v) is 8.28. The Morgan fingerprint density at radius 3 is 2.52 bits per heavy atom. The smallest absolute Gasteiger partial charge is 0.191 e. The number of benzene rings is 1. The molecule has 0 spiro atoms. The van der Waals surface area contributed by atoms with Crippen LogP contribution in [-0.4, -0.2) is 49.6 Å². The fraction of sp³-hybridized carbons (Fsp3) is 0.550. The van der Waals surface area contributed by atoms with E-state index in [4.69, 9.17) is 0 Å². The molecule has 1 aromatic rings. The first-order chi connectivity index (χ1) is 12.0. The highest BCUT2D eigenvalue weighted by Crippen LogP contribution is 2.41. The van der Waals surface area contributed by atoms with Crippen molar-refractivity contribution >= 4 is 21.9 Å². The summed E-state index contributed by atoms with van der Waals surface area (Å²) in [6.45, 7) is 9.41. The van der Waals surface area contributed by atoms with Crippen LogP contribution in [0.25, 0.3) is 0 Å². The number of hydrogen-bond acceptors (Lipinski definition) is 2. The molecule has 5 heteroatoms. The van der Waals surface area contributed by atoms with Gasteiger partial charge in [-0.25, -0.2) is 0 Å². The zero-order valence-corrected chi connectivity index (χ0v) is 16.8. The molecular weight excluding hydrogens is 376 g/mol. The molecule has 1 saturated carbocycles. The third-order valence-corrected chi connectivity index (χ3v) is 5.58. The van der Waals surface area contributed by atoms with Gasteiger partial charge in [0, 0.05) is 49.2 Å². The zero-order valence-electron chi connectivity index (χ0n) is 15.3. The van der Waals surface area contributed by atoms with Gasteiger partial charge in [0.25, 0.3) is 0 Å². The van der Waals surface area contributed by atoms with E-state index in [0.29, 0.717) is 18.0 Å². The molecule has 1 aromatic carbocycles. The summed E-state index contributed by atoms with van der Waals surface area (Å²) in [7, 11) is 1.86. The molecule has 1 aliphatic heterocycles. The van der Waals surface area contributed by atoms with Crippen molar-refractivity contribution in [3.8, 4) is 0 Å². The van der Waals surface area contributed by atoms with Gasteiger partial charge in [-0.05, 0) is 43.9 Å². The van der Waals surface area contributed by atoms with Crippen molar-refractivity contribution in [2.75, 3.05) is 26.7 Å². The predicted molar refractivity (Wildman–Crippen MR) is 109 cm³/mol. The van der Waals surface area contributed by atoms with Gasteiger partial charge < -0.3 is 10.6 Å². The molecular formula is C20H29BrN4. The van der Waals surface area contributed by atoms with E-state index >= 15 is 0 Å². The number of hydrogen-bond donors (Lipinski definition) is 2. The van der Waals surface area contributed by atoms with Crippen molar-refractivity contribution in [2.24, 2.45) is 4.99 Å². The standard InChI is InChI=1S/C20H29BrN4/c1-14(2)13-25-10-8-17(9-11-25)23-20(22-3)24-19-12-18(19)15-4-6-16(21)7-5-15/h4-7,17-19H,1,8-13H2,2-3H3,(H2,22,23,24). The van der Waals surface area contributed by atoms with E-state index in [0.717, 1.165) is 42.9 Å². The molecule has 3 rings (SSSR count). The summed E-state index contributed by atoms with van der Waals surface area (Å²) in [5.74, 6) is 1.55. The summed E-state index contributed by atoms with van der Waals surface area (Å²) >= 11 is 3.50. The van der Waals surface area contributed by atoms with Crippen LogP contribution in [0.15, 0.2) is 45.9 Å². The SMILES string of the molecule is C=C(C)CN1CCC(NC(=NC)NC2CC2c2ccc(Br)cc2)CC1. The normalized spacial score (nSPS) is 24.8. The molecule has 0 bridgehead atoms. The number of nitrogens with zero attached hydrogens (tertiary/aromatic N) is 2. The monoisotopic (exact) mass is 404 g/mol. The highest BCUT2D eigenvalue weighted by Gasteiger charge is 2.39. The molecule has 25 heavy (non-hydrogen) atoms. The van der Waals surface area contributed by atoms with Gasteiger partial charge in [0.2, 0.25) is 0 Å². The molecule has 0 aromatic heterocycles. The first-order valence-corrected chi connectivity index (χ1v) is 9.96. The molecule has 4 nitrogen and oxygen atoms in total. The van der Waals surface area contributed by atoms with Crippen molar-refractivity contribution < 1.29 is 0 Å². The third kappa shape index (κ3) is 5.32. The van der Waals surface area contributed by atoms with Gasteiger partial charge in [0.15, 0.2) is 5.96 Å². The molecule has 2 atom stereocenters. The highest BCUT2D eigenvalue weighted by atomic mass is 79.9. The van der Waals surface area contributed by atoms with Gasteiger partial charge in [-0.15, -0.1) is 0 Å². The van der Waals surface area contributed by atoms with Gasteiger partial charge in [0.1, 0.15) is 0 Å². The Kier molecular flexibility index (Phi) is 6.18. The molecule has 2 aliphatic rings. The summed E-state index contributed by atoms with van der Waals surface area (Å²) < 4.78 is 1.14. The average molecular weight is 405 g/mol. The fourth-order valence-corrected chi connectivity index (χ4v) is 3.85. The lowest BCUT2D eigenvalue weighted by Crippen LogP contribution is -2.49. The quantitative estimate of drug-likeness (QED) is 0.448. The maximum Gasteiger partial charge on any atom is 0.191 e. The Hall–Kier alpha value is -1.33. The van der Waals surface area contributed by atoms with Crippen LogP contribution in [0.3, 0.4) is 0 Å². The van der Waals surface area contributed by atoms with Crippen molar-refractivity contribution in [3.63, 3.8) is 0 Å². The molecule has 0 amide bonds. The van der Waals surface area contributed by atoms with E-state index in [-0.39, 0.29) is 0 Å². The van der Waals surface area contributed by atoms with Crippen molar-refractivity contribution in [3.05, 3.63) is 46.5 Å². The van der Waals surface area contributed by atoms with E-state index in [1.807, 2.05) is 7.05 Å². The number of aliphatic imine (C=N–C) groups is 1. The van der Waals surface area contributed by atoms with Crippen LogP contribution in [-0.2, 0) is 0 Å². The van der Waals surface area contributed by atoms with E-state index in [1.165, 1.54) is 17.6 Å². The van der Waals surface area contributed by atoms with Crippen LogP contribution < -0.4 is 10.6 Å². The topological polar surface area (TPSA) is 39.7 Å². The van der Waals surface area contributed by atoms with Crippen molar-refractivity contribution in [1.82, 2.24) is 15.5 Å². The van der Waals surface area contributed by atoms with E-state index in [2.05, 4.69) is 74.2 Å². The summed E-state index contributed by atoms with van der Waals surface area (Å²) in [5.41, 5.74) is 2.65. The Morgan fingerprint density at radius 1 is 1.24 bits per heavy atom. The maximum atomic E-state index is 4.43. The number of halogens is 1. The first-order valence-electron chi connectivity index (χ1n) is 9.17. The minimum atomic E-state index is 0.496. The number of rotatable bonds is 5. The van der Waals surface area contributed by atoms with E-state index in [1.54, 1.807) is 0 Å². The fourth-order valence-electron chi connectivity index (χ4n) is 3.59. The summed E-state index contributed by atoms with van der Waals surface area (Å²) in [4.78, 5) is 6.92. The average Bonchev–Trinajstić information content (AvgIpc) is 3.35. The molecule has 1 heterocycles. The number of nitrogens with one attached hydrogen (secondary N) is 2. The molecule has 0 radical (unpaired) electrons. The van der Waals surface area contributed by atoms with Crippen LogP contribution >= 0.6 is 15.9 Å². The van der Waals surface area contributed by atoms with Gasteiger partial charge in [-0.1, -0.05) is 40.2 Å². The minimum Gasteiger partial charge on any atom is -0.354 e. The Labute approximate surface area is 159 Å².